The van der Waals surface area contributed by atoms with Crippen LogP contribution in [0, 0.1) is 5.82 Å². The Kier molecular flexibility index (Phi) is 7.14. The fourth-order valence-electron chi connectivity index (χ4n) is 3.06. The van der Waals surface area contributed by atoms with Gasteiger partial charge < -0.3 is 14.4 Å². The van der Waals surface area contributed by atoms with Gasteiger partial charge in [-0.1, -0.05) is 0 Å². The Bertz CT molecular complexity index is 1110. The number of halogens is 3. The minimum Gasteiger partial charge on any atom is -0.495 e. The van der Waals surface area contributed by atoms with Gasteiger partial charge >= 0.3 is 0 Å². The van der Waals surface area contributed by atoms with E-state index >= 15 is 0 Å². The zero-order chi connectivity index (χ0) is 24.2. The number of carbonyl (C=O) groups is 1. The lowest BCUT2D eigenvalue weighted by Crippen LogP contribution is -2.42. The van der Waals surface area contributed by atoms with E-state index in [-0.39, 0.29) is 18.0 Å². The van der Waals surface area contributed by atoms with E-state index in [9.17, 15) is 18.0 Å². The molecule has 1 amide bonds. The van der Waals surface area contributed by atoms with Crippen LogP contribution in [0.25, 0.3) is 5.82 Å². The van der Waals surface area contributed by atoms with E-state index in [2.05, 4.69) is 20.2 Å². The van der Waals surface area contributed by atoms with Gasteiger partial charge in [-0.15, -0.1) is 4.80 Å². The number of methoxy groups -OCH3 is 1. The molecule has 0 fully saturated rings. The van der Waals surface area contributed by atoms with E-state index in [1.165, 1.54) is 41.5 Å². The predicted molar refractivity (Wildman–Crippen MR) is 111 cm³/mol. The zero-order valence-corrected chi connectivity index (χ0v) is 18.5. The van der Waals surface area contributed by atoms with Crippen molar-refractivity contribution in [1.29, 1.82) is 0 Å². The first-order valence-electron chi connectivity index (χ1n) is 10.0. The number of hydrogen-bond acceptors (Lipinski definition) is 7. The third-order valence-electron chi connectivity index (χ3n) is 4.83. The number of hydrogen-bond donors (Lipinski definition) is 0. The van der Waals surface area contributed by atoms with E-state index in [0.717, 1.165) is 6.20 Å². The highest BCUT2D eigenvalue weighted by Crippen LogP contribution is 2.29. The monoisotopic (exact) mass is 464 g/mol. The van der Waals surface area contributed by atoms with Crippen LogP contribution in [0.15, 0.2) is 36.9 Å². The number of ether oxygens (including phenoxy) is 2. The van der Waals surface area contributed by atoms with Crippen LogP contribution < -0.4 is 9.47 Å². The Morgan fingerprint density at radius 1 is 1.21 bits per heavy atom. The standard InChI is InChI=1S/C21H23F3N6O3/c1-5-29(13(2)12-33-19-17(22)8-14(10-26-19)21(3,23)24)20(31)16-9-15(32-4)11-25-18(16)30-27-6-7-28-30/h6-11,13H,5,12H2,1-4H3/t13-/m0/s1. The van der Waals surface area contributed by atoms with Crippen LogP contribution in [0.3, 0.4) is 0 Å². The number of rotatable bonds is 9. The summed E-state index contributed by atoms with van der Waals surface area (Å²) in [6.07, 6.45) is 5.21. The highest BCUT2D eigenvalue weighted by Gasteiger charge is 2.28. The second-order valence-electron chi connectivity index (χ2n) is 7.22. The number of alkyl halides is 2. The first-order valence-corrected chi connectivity index (χ1v) is 10.0. The van der Waals surface area contributed by atoms with E-state index in [4.69, 9.17) is 9.47 Å². The molecule has 0 aromatic carbocycles. The van der Waals surface area contributed by atoms with Gasteiger partial charge in [0, 0.05) is 25.2 Å². The SMILES string of the molecule is CCN(C(=O)c1cc(OC)cnc1-n1nccn1)[C@@H](C)COc1ncc(C(C)(F)F)cc1F. The average Bonchev–Trinajstić information content (AvgIpc) is 3.32. The Morgan fingerprint density at radius 3 is 2.48 bits per heavy atom. The summed E-state index contributed by atoms with van der Waals surface area (Å²) in [7, 11) is 1.45. The molecule has 0 saturated heterocycles. The second kappa shape index (κ2) is 9.84. The van der Waals surface area contributed by atoms with Crippen LogP contribution >= 0.6 is 0 Å². The minimum absolute atomic E-state index is 0.127. The summed E-state index contributed by atoms with van der Waals surface area (Å²) in [6, 6.07) is 1.68. The molecule has 0 aliphatic carbocycles. The number of amides is 1. The molecule has 0 aliphatic heterocycles. The fraction of sp³-hybridized carbons (Fsp3) is 0.381. The van der Waals surface area contributed by atoms with E-state index in [0.29, 0.717) is 25.3 Å². The largest absolute Gasteiger partial charge is 0.495 e. The molecule has 0 N–H and O–H groups in total. The molecule has 176 valence electrons. The second-order valence-corrected chi connectivity index (χ2v) is 7.22. The quantitative estimate of drug-likeness (QED) is 0.480. The topological polar surface area (TPSA) is 95.3 Å². The van der Waals surface area contributed by atoms with Gasteiger partial charge in [-0.25, -0.2) is 23.1 Å². The summed E-state index contributed by atoms with van der Waals surface area (Å²) in [6.45, 7) is 4.29. The lowest BCUT2D eigenvalue weighted by atomic mass is 10.1. The van der Waals surface area contributed by atoms with Gasteiger partial charge in [-0.2, -0.15) is 10.2 Å². The average molecular weight is 464 g/mol. The maximum atomic E-state index is 14.2. The van der Waals surface area contributed by atoms with Crippen LogP contribution in [0.4, 0.5) is 13.2 Å². The zero-order valence-electron chi connectivity index (χ0n) is 18.5. The molecule has 12 heteroatoms. The molecule has 9 nitrogen and oxygen atoms in total. The van der Waals surface area contributed by atoms with Gasteiger partial charge in [0.15, 0.2) is 11.6 Å². The van der Waals surface area contributed by atoms with E-state index in [1.807, 2.05) is 0 Å². The van der Waals surface area contributed by atoms with Crippen molar-refractivity contribution in [2.75, 3.05) is 20.3 Å². The predicted octanol–water partition coefficient (Wildman–Crippen LogP) is 3.25. The molecule has 0 spiro atoms. The molecule has 0 unspecified atom stereocenters. The van der Waals surface area contributed by atoms with E-state index in [1.54, 1.807) is 13.8 Å². The number of aromatic nitrogens is 5. The summed E-state index contributed by atoms with van der Waals surface area (Å²) < 4.78 is 51.5. The van der Waals surface area contributed by atoms with Crippen LogP contribution in [0.1, 0.15) is 36.7 Å². The first-order chi connectivity index (χ1) is 15.7. The number of carbonyl (C=O) groups excluding carboxylic acids is 1. The molecular weight excluding hydrogens is 441 g/mol. The summed E-state index contributed by atoms with van der Waals surface area (Å²) in [5.74, 6) is -4.49. The van der Waals surface area contributed by atoms with Crippen LogP contribution in [0.2, 0.25) is 0 Å². The summed E-state index contributed by atoms with van der Waals surface area (Å²) in [5, 5.41) is 8.06. The van der Waals surface area contributed by atoms with Crippen molar-refractivity contribution in [2.45, 2.75) is 32.7 Å². The van der Waals surface area contributed by atoms with E-state index < -0.39 is 35.1 Å². The highest BCUT2D eigenvalue weighted by molar-refractivity contribution is 5.97. The fourth-order valence-corrected chi connectivity index (χ4v) is 3.06. The Labute approximate surface area is 188 Å². The molecule has 3 rings (SSSR count). The number of nitrogens with zero attached hydrogens (tertiary/aromatic N) is 6. The van der Waals surface area contributed by atoms with Crippen molar-refractivity contribution in [1.82, 2.24) is 29.9 Å². The summed E-state index contributed by atoms with van der Waals surface area (Å²) >= 11 is 0. The van der Waals surface area contributed by atoms with Crippen molar-refractivity contribution in [3.63, 3.8) is 0 Å². The van der Waals surface area contributed by atoms with Crippen molar-refractivity contribution in [2.24, 2.45) is 0 Å². The van der Waals surface area contributed by atoms with Gasteiger partial charge in [-0.3, -0.25) is 4.79 Å². The lowest BCUT2D eigenvalue weighted by molar-refractivity contribution is 0.0165. The smallest absolute Gasteiger partial charge is 0.272 e. The molecule has 3 aromatic rings. The van der Waals surface area contributed by atoms with Crippen molar-refractivity contribution in [3.05, 3.63) is 53.9 Å². The molecule has 0 saturated carbocycles. The van der Waals surface area contributed by atoms with Gasteiger partial charge in [0.2, 0.25) is 5.88 Å². The molecule has 0 radical (unpaired) electrons. The van der Waals surface area contributed by atoms with Crippen LogP contribution in [-0.2, 0) is 5.92 Å². The highest BCUT2D eigenvalue weighted by atomic mass is 19.3. The molecule has 0 bridgehead atoms. The van der Waals surface area contributed by atoms with Crippen LogP contribution in [0.5, 0.6) is 11.6 Å². The number of pyridine rings is 2. The first kappa shape index (κ1) is 24.0. The third kappa shape index (κ3) is 5.38. The summed E-state index contributed by atoms with van der Waals surface area (Å²) in [5.41, 5.74) is -0.367. The van der Waals surface area contributed by atoms with Gasteiger partial charge in [0.05, 0.1) is 37.3 Å². The Hall–Kier alpha value is -3.70. The third-order valence-corrected chi connectivity index (χ3v) is 4.83. The molecule has 0 aliphatic rings. The maximum Gasteiger partial charge on any atom is 0.272 e. The maximum absolute atomic E-state index is 14.2. The molecular formula is C21H23F3N6O3. The Morgan fingerprint density at radius 2 is 1.91 bits per heavy atom. The lowest BCUT2D eigenvalue weighted by Gasteiger charge is -2.28. The van der Waals surface area contributed by atoms with Crippen LogP contribution in [-0.4, -0.2) is 62.1 Å². The molecule has 1 atom stereocenters. The molecule has 33 heavy (non-hydrogen) atoms. The van der Waals surface area contributed by atoms with Gasteiger partial charge in [-0.05, 0) is 26.0 Å². The molecule has 3 heterocycles. The normalized spacial score (nSPS) is 12.3. The Balaban J connectivity index is 1.80. The number of likely N-dealkylation sites (N-methyl/N-ethyl adjacent to an activating group) is 1. The minimum atomic E-state index is -3.23. The van der Waals surface area contributed by atoms with Gasteiger partial charge in [0.25, 0.3) is 11.8 Å². The van der Waals surface area contributed by atoms with Gasteiger partial charge in [0.1, 0.15) is 12.4 Å². The van der Waals surface area contributed by atoms with Crippen molar-refractivity contribution < 1.29 is 27.4 Å². The molecule has 3 aromatic heterocycles. The summed E-state index contributed by atoms with van der Waals surface area (Å²) in [4.78, 5) is 23.9. The van der Waals surface area contributed by atoms with Crippen molar-refractivity contribution in [3.8, 4) is 17.4 Å². The van der Waals surface area contributed by atoms with Crippen molar-refractivity contribution >= 4 is 5.91 Å².